The molecule has 3 aromatic carbocycles. The first-order valence-corrected chi connectivity index (χ1v) is 13.0. The number of hydrogen-bond acceptors (Lipinski definition) is 4. The Morgan fingerprint density at radius 3 is 2.22 bits per heavy atom. The third kappa shape index (κ3) is 4.74. The minimum atomic E-state index is -0.568. The molecule has 3 heterocycles. The molecule has 1 unspecified atom stereocenters. The maximum Gasteiger partial charge on any atom is 0.239 e. The molecular weight excluding hydrogens is 462 g/mol. The van der Waals surface area contributed by atoms with Gasteiger partial charge in [-0.15, -0.1) is 0 Å². The number of piperazine rings is 1. The van der Waals surface area contributed by atoms with Crippen LogP contribution in [0.4, 0.5) is 5.69 Å². The molecule has 2 saturated heterocycles. The van der Waals surface area contributed by atoms with E-state index in [4.69, 9.17) is 4.98 Å². The summed E-state index contributed by atoms with van der Waals surface area (Å²) in [6, 6.07) is 28.4. The smallest absolute Gasteiger partial charge is 0.239 e. The van der Waals surface area contributed by atoms with E-state index in [-0.39, 0.29) is 11.8 Å². The molecule has 7 nitrogen and oxygen atoms in total. The van der Waals surface area contributed by atoms with Gasteiger partial charge in [0.15, 0.2) is 0 Å². The SMILES string of the molecule is O=C(C1CCN(c2ccccc2)C1=O)N1CCN(Cc2nc3ccccc3n2Cc2ccccc2)CC1. The minimum Gasteiger partial charge on any atom is -0.339 e. The van der Waals surface area contributed by atoms with Crippen LogP contribution in [0.15, 0.2) is 84.9 Å². The van der Waals surface area contributed by atoms with Crippen LogP contribution in [0.2, 0.25) is 0 Å². The normalized spacial score (nSPS) is 18.6. The van der Waals surface area contributed by atoms with Crippen molar-refractivity contribution in [1.29, 1.82) is 0 Å². The zero-order valence-corrected chi connectivity index (χ0v) is 20.9. The van der Waals surface area contributed by atoms with Crippen molar-refractivity contribution in [3.63, 3.8) is 0 Å². The fourth-order valence-electron chi connectivity index (χ4n) is 5.51. The van der Waals surface area contributed by atoms with Gasteiger partial charge in [0, 0.05) is 45.0 Å². The lowest BCUT2D eigenvalue weighted by molar-refractivity contribution is -0.141. The molecule has 7 heteroatoms. The fraction of sp³-hybridized carbons (Fsp3) is 0.300. The predicted molar refractivity (Wildman–Crippen MR) is 144 cm³/mol. The van der Waals surface area contributed by atoms with Crippen LogP contribution < -0.4 is 4.90 Å². The van der Waals surface area contributed by atoms with E-state index in [9.17, 15) is 9.59 Å². The van der Waals surface area contributed by atoms with Crippen LogP contribution in [0.1, 0.15) is 17.8 Å². The fourth-order valence-corrected chi connectivity index (χ4v) is 5.51. The Kier molecular flexibility index (Phi) is 6.45. The van der Waals surface area contributed by atoms with E-state index in [2.05, 4.69) is 51.9 Å². The van der Waals surface area contributed by atoms with Gasteiger partial charge in [0.2, 0.25) is 11.8 Å². The van der Waals surface area contributed by atoms with Crippen LogP contribution in [-0.2, 0) is 22.7 Å². The van der Waals surface area contributed by atoms with Crippen molar-refractivity contribution in [2.45, 2.75) is 19.5 Å². The highest BCUT2D eigenvalue weighted by Gasteiger charge is 2.40. The average molecular weight is 494 g/mol. The van der Waals surface area contributed by atoms with Gasteiger partial charge in [0.25, 0.3) is 0 Å². The Hall–Kier alpha value is -3.97. The van der Waals surface area contributed by atoms with Crippen LogP contribution in [-0.4, -0.2) is 63.9 Å². The Labute approximate surface area is 216 Å². The lowest BCUT2D eigenvalue weighted by Gasteiger charge is -2.35. The second-order valence-electron chi connectivity index (χ2n) is 9.86. The van der Waals surface area contributed by atoms with E-state index in [1.165, 1.54) is 5.56 Å². The first kappa shape index (κ1) is 23.4. The summed E-state index contributed by atoms with van der Waals surface area (Å²) >= 11 is 0. The van der Waals surface area contributed by atoms with E-state index >= 15 is 0 Å². The van der Waals surface area contributed by atoms with Crippen LogP contribution >= 0.6 is 0 Å². The molecule has 0 radical (unpaired) electrons. The molecule has 0 N–H and O–H groups in total. The zero-order valence-electron chi connectivity index (χ0n) is 20.9. The molecule has 1 aromatic heterocycles. The summed E-state index contributed by atoms with van der Waals surface area (Å²) in [5.74, 6) is 0.365. The molecule has 2 aliphatic rings. The van der Waals surface area contributed by atoms with Crippen LogP contribution in [0.3, 0.4) is 0 Å². The number of carbonyl (C=O) groups is 2. The van der Waals surface area contributed by atoms with E-state index in [0.717, 1.165) is 48.7 Å². The Morgan fingerprint density at radius 2 is 1.46 bits per heavy atom. The molecule has 0 aliphatic carbocycles. The van der Waals surface area contributed by atoms with Crippen molar-refractivity contribution in [3.05, 3.63) is 96.3 Å². The summed E-state index contributed by atoms with van der Waals surface area (Å²) in [6.07, 6.45) is 0.580. The molecule has 0 spiro atoms. The molecule has 2 amide bonds. The summed E-state index contributed by atoms with van der Waals surface area (Å²) in [7, 11) is 0. The second-order valence-corrected chi connectivity index (χ2v) is 9.86. The largest absolute Gasteiger partial charge is 0.339 e. The number of benzene rings is 3. The average Bonchev–Trinajstić information content (AvgIpc) is 3.50. The van der Waals surface area contributed by atoms with Crippen molar-refractivity contribution in [1.82, 2.24) is 19.4 Å². The molecule has 4 aromatic rings. The Morgan fingerprint density at radius 1 is 0.784 bits per heavy atom. The maximum absolute atomic E-state index is 13.3. The highest BCUT2D eigenvalue weighted by atomic mass is 16.2. The van der Waals surface area contributed by atoms with E-state index in [1.807, 2.05) is 47.4 Å². The van der Waals surface area contributed by atoms with Crippen molar-refractivity contribution >= 4 is 28.5 Å². The number of nitrogens with zero attached hydrogens (tertiary/aromatic N) is 5. The monoisotopic (exact) mass is 493 g/mol. The second kappa shape index (κ2) is 10.2. The molecule has 6 rings (SSSR count). The zero-order chi connectivity index (χ0) is 25.2. The van der Waals surface area contributed by atoms with Gasteiger partial charge >= 0.3 is 0 Å². The summed E-state index contributed by atoms with van der Waals surface area (Å²) in [5, 5.41) is 0. The van der Waals surface area contributed by atoms with Gasteiger partial charge in [0.1, 0.15) is 11.7 Å². The number of fused-ring (bicyclic) bond motifs is 1. The highest BCUT2D eigenvalue weighted by Crippen LogP contribution is 2.27. The highest BCUT2D eigenvalue weighted by molar-refractivity contribution is 6.09. The predicted octanol–water partition coefficient (Wildman–Crippen LogP) is 3.78. The first-order valence-electron chi connectivity index (χ1n) is 13.0. The Bertz CT molecular complexity index is 1390. The van der Waals surface area contributed by atoms with E-state index in [1.54, 1.807) is 4.90 Å². The van der Waals surface area contributed by atoms with Gasteiger partial charge < -0.3 is 14.4 Å². The summed E-state index contributed by atoms with van der Waals surface area (Å²) in [5.41, 5.74) is 4.25. The quantitative estimate of drug-likeness (QED) is 0.384. The van der Waals surface area contributed by atoms with E-state index in [0.29, 0.717) is 26.1 Å². The van der Waals surface area contributed by atoms with Crippen molar-refractivity contribution in [2.75, 3.05) is 37.6 Å². The molecule has 0 bridgehead atoms. The summed E-state index contributed by atoms with van der Waals surface area (Å²) < 4.78 is 2.30. The van der Waals surface area contributed by atoms with Gasteiger partial charge in [-0.25, -0.2) is 4.98 Å². The lowest BCUT2D eigenvalue weighted by Crippen LogP contribution is -2.51. The summed E-state index contributed by atoms with van der Waals surface area (Å²) in [6.45, 7) is 4.90. The number of aromatic nitrogens is 2. The number of amides is 2. The lowest BCUT2D eigenvalue weighted by atomic mass is 10.1. The van der Waals surface area contributed by atoms with Crippen molar-refractivity contribution in [3.8, 4) is 0 Å². The third-order valence-electron chi connectivity index (χ3n) is 7.54. The number of hydrogen-bond donors (Lipinski definition) is 0. The molecule has 188 valence electrons. The van der Waals surface area contributed by atoms with Gasteiger partial charge in [-0.3, -0.25) is 14.5 Å². The number of carbonyl (C=O) groups excluding carboxylic acids is 2. The van der Waals surface area contributed by atoms with Crippen molar-refractivity contribution < 1.29 is 9.59 Å². The van der Waals surface area contributed by atoms with Crippen LogP contribution in [0.5, 0.6) is 0 Å². The van der Waals surface area contributed by atoms with Gasteiger partial charge in [0.05, 0.1) is 17.6 Å². The third-order valence-corrected chi connectivity index (χ3v) is 7.54. The molecular formula is C30H31N5O2. The molecule has 2 fully saturated rings. The number of anilines is 1. The van der Waals surface area contributed by atoms with Gasteiger partial charge in [-0.2, -0.15) is 0 Å². The Balaban J connectivity index is 1.11. The first-order chi connectivity index (χ1) is 18.2. The molecule has 0 saturated carbocycles. The van der Waals surface area contributed by atoms with Gasteiger partial charge in [-0.1, -0.05) is 60.7 Å². The van der Waals surface area contributed by atoms with E-state index < -0.39 is 5.92 Å². The topological polar surface area (TPSA) is 61.7 Å². The van der Waals surface area contributed by atoms with Crippen LogP contribution in [0.25, 0.3) is 11.0 Å². The van der Waals surface area contributed by atoms with Crippen molar-refractivity contribution in [2.24, 2.45) is 5.92 Å². The minimum absolute atomic E-state index is 0.0283. The molecule has 37 heavy (non-hydrogen) atoms. The molecule has 2 aliphatic heterocycles. The maximum atomic E-state index is 13.3. The number of imidazole rings is 1. The number of para-hydroxylation sites is 3. The molecule has 1 atom stereocenters. The summed E-state index contributed by atoms with van der Waals surface area (Å²) in [4.78, 5) is 37.2. The standard InChI is InChI=1S/C30H31N5O2/c36-29(25-15-16-34(30(25)37)24-11-5-2-6-12-24)33-19-17-32(18-20-33)22-28-31-26-13-7-8-14-27(26)35(28)21-23-9-3-1-4-10-23/h1-14,25H,15-22H2. The van der Waals surface area contributed by atoms with Gasteiger partial charge in [-0.05, 0) is 36.2 Å². The van der Waals surface area contributed by atoms with Crippen LogP contribution in [0, 0.1) is 5.92 Å². The number of rotatable bonds is 6.